The fourth-order valence-electron chi connectivity index (χ4n) is 5.14. The number of hydrogen-bond donors (Lipinski definition) is 1. The molecule has 2 aromatic rings. The van der Waals surface area contributed by atoms with Crippen molar-refractivity contribution in [1.82, 2.24) is 0 Å². The van der Waals surface area contributed by atoms with Gasteiger partial charge in [0.05, 0.1) is 12.5 Å². The smallest absolute Gasteiger partial charge is 0.308 e. The van der Waals surface area contributed by atoms with Gasteiger partial charge in [-0.15, -0.1) is 0 Å². The number of rotatable bonds is 7. The molecular formula is C28H36O5. The van der Waals surface area contributed by atoms with Crippen LogP contribution >= 0.6 is 0 Å². The SMILES string of the molecule is Cc1c2c(c(CCC3CC(O)CC(=O)O3)c(C(C)C)c1OCc1ccccc1)OC(C)(C)C2. The summed E-state index contributed by atoms with van der Waals surface area (Å²) in [4.78, 5) is 11.8. The van der Waals surface area contributed by atoms with Crippen LogP contribution in [0.3, 0.4) is 0 Å². The highest BCUT2D eigenvalue weighted by molar-refractivity contribution is 5.71. The molecule has 2 aliphatic heterocycles. The van der Waals surface area contributed by atoms with Gasteiger partial charge in [0.2, 0.25) is 0 Å². The Balaban J connectivity index is 1.70. The van der Waals surface area contributed by atoms with Crippen molar-refractivity contribution in [2.75, 3.05) is 0 Å². The standard InChI is InChI=1S/C28H36O5/c1-17(2)25-22(12-11-21-13-20(29)14-24(30)32-21)27-23(15-28(4,5)33-27)18(3)26(25)31-16-19-9-7-6-8-10-19/h6-10,17,20-21,29H,11-16H2,1-5H3. The summed E-state index contributed by atoms with van der Waals surface area (Å²) in [5.74, 6) is 1.84. The van der Waals surface area contributed by atoms with Crippen molar-refractivity contribution in [2.45, 2.75) is 97.1 Å². The Bertz CT molecular complexity index is 1010. The normalized spacial score (nSPS) is 21.5. The van der Waals surface area contributed by atoms with Gasteiger partial charge in [-0.05, 0) is 50.7 Å². The maximum Gasteiger partial charge on any atom is 0.308 e. The summed E-state index contributed by atoms with van der Waals surface area (Å²) in [6.45, 7) is 11.3. The van der Waals surface area contributed by atoms with Crippen LogP contribution in [0.1, 0.15) is 80.7 Å². The van der Waals surface area contributed by atoms with Crippen molar-refractivity contribution in [2.24, 2.45) is 0 Å². The van der Waals surface area contributed by atoms with Gasteiger partial charge in [0.15, 0.2) is 0 Å². The second-order valence-corrected chi connectivity index (χ2v) is 10.4. The lowest BCUT2D eigenvalue weighted by Crippen LogP contribution is -2.32. The molecule has 0 spiro atoms. The number of hydrogen-bond acceptors (Lipinski definition) is 5. The lowest BCUT2D eigenvalue weighted by molar-refractivity contribution is -0.160. The fraction of sp³-hybridized carbons (Fsp3) is 0.536. The average molecular weight is 453 g/mol. The molecule has 0 aromatic heterocycles. The maximum atomic E-state index is 11.8. The third kappa shape index (κ3) is 5.19. The van der Waals surface area contributed by atoms with Crippen molar-refractivity contribution in [3.05, 3.63) is 58.1 Å². The van der Waals surface area contributed by atoms with Gasteiger partial charge in [-0.2, -0.15) is 0 Å². The van der Waals surface area contributed by atoms with Crippen molar-refractivity contribution in [1.29, 1.82) is 0 Å². The van der Waals surface area contributed by atoms with Crippen molar-refractivity contribution in [3.63, 3.8) is 0 Å². The number of fused-ring (bicyclic) bond motifs is 1. The van der Waals surface area contributed by atoms with E-state index >= 15 is 0 Å². The van der Waals surface area contributed by atoms with E-state index in [1.54, 1.807) is 0 Å². The van der Waals surface area contributed by atoms with Crippen LogP contribution in [0, 0.1) is 6.92 Å². The molecule has 2 heterocycles. The van der Waals surface area contributed by atoms with Crippen LogP contribution in [-0.4, -0.2) is 28.9 Å². The predicted molar refractivity (Wildman–Crippen MR) is 128 cm³/mol. The molecular weight excluding hydrogens is 416 g/mol. The highest BCUT2D eigenvalue weighted by Crippen LogP contribution is 2.48. The molecule has 2 aromatic carbocycles. The van der Waals surface area contributed by atoms with Crippen LogP contribution in [0.25, 0.3) is 0 Å². The van der Waals surface area contributed by atoms with Gasteiger partial charge in [-0.25, -0.2) is 0 Å². The van der Waals surface area contributed by atoms with E-state index < -0.39 is 6.10 Å². The van der Waals surface area contributed by atoms with Crippen molar-refractivity contribution in [3.8, 4) is 11.5 Å². The number of ether oxygens (including phenoxy) is 3. The fourth-order valence-corrected chi connectivity index (χ4v) is 5.14. The quantitative estimate of drug-likeness (QED) is 0.569. The number of aliphatic hydroxyl groups is 1. The van der Waals surface area contributed by atoms with Crippen LogP contribution in [0.2, 0.25) is 0 Å². The van der Waals surface area contributed by atoms with Crippen LogP contribution < -0.4 is 9.47 Å². The molecule has 2 aliphatic rings. The number of aliphatic hydroxyl groups excluding tert-OH is 1. The Morgan fingerprint density at radius 1 is 1.21 bits per heavy atom. The first-order chi connectivity index (χ1) is 15.6. The molecule has 0 radical (unpaired) electrons. The van der Waals surface area contributed by atoms with Gasteiger partial charge < -0.3 is 19.3 Å². The molecule has 0 amide bonds. The third-order valence-corrected chi connectivity index (χ3v) is 6.65. The van der Waals surface area contributed by atoms with E-state index in [-0.39, 0.29) is 30.0 Å². The van der Waals surface area contributed by atoms with Crippen molar-refractivity contribution < 1.29 is 24.1 Å². The van der Waals surface area contributed by atoms with Gasteiger partial charge >= 0.3 is 5.97 Å². The summed E-state index contributed by atoms with van der Waals surface area (Å²) < 4.78 is 18.5. The molecule has 0 saturated carbocycles. The average Bonchev–Trinajstić information content (AvgIpc) is 3.07. The molecule has 0 aliphatic carbocycles. The first-order valence-corrected chi connectivity index (χ1v) is 12.1. The van der Waals surface area contributed by atoms with E-state index in [0.29, 0.717) is 25.9 Å². The predicted octanol–water partition coefficient (Wildman–Crippen LogP) is 5.41. The molecule has 2 unspecified atom stereocenters. The molecule has 178 valence electrons. The lowest BCUT2D eigenvalue weighted by Gasteiger charge is -2.28. The Hall–Kier alpha value is -2.53. The number of carbonyl (C=O) groups excluding carboxylic acids is 1. The summed E-state index contributed by atoms with van der Waals surface area (Å²) in [6, 6.07) is 10.2. The van der Waals surface area contributed by atoms with E-state index in [9.17, 15) is 9.90 Å². The summed E-state index contributed by atoms with van der Waals surface area (Å²) in [7, 11) is 0. The molecule has 0 bridgehead atoms. The Labute approximate surface area is 197 Å². The number of carbonyl (C=O) groups is 1. The minimum atomic E-state index is -0.621. The first-order valence-electron chi connectivity index (χ1n) is 12.1. The maximum absolute atomic E-state index is 11.8. The van der Waals surface area contributed by atoms with E-state index in [1.807, 2.05) is 18.2 Å². The van der Waals surface area contributed by atoms with Gasteiger partial charge in [-0.1, -0.05) is 44.2 Å². The second kappa shape index (κ2) is 9.38. The molecule has 1 saturated heterocycles. The van der Waals surface area contributed by atoms with E-state index in [4.69, 9.17) is 14.2 Å². The van der Waals surface area contributed by atoms with E-state index in [1.165, 1.54) is 11.1 Å². The molecule has 2 atom stereocenters. The van der Waals surface area contributed by atoms with Crippen LogP contribution in [0.5, 0.6) is 11.5 Å². The number of cyclic esters (lactones) is 1. The third-order valence-electron chi connectivity index (χ3n) is 6.65. The highest BCUT2D eigenvalue weighted by Gasteiger charge is 2.37. The van der Waals surface area contributed by atoms with Gasteiger partial charge in [0.1, 0.15) is 29.8 Å². The molecule has 1 N–H and O–H groups in total. The zero-order valence-corrected chi connectivity index (χ0v) is 20.4. The summed E-state index contributed by atoms with van der Waals surface area (Å²) in [6.07, 6.45) is 1.87. The van der Waals surface area contributed by atoms with Gasteiger partial charge in [0.25, 0.3) is 0 Å². The topological polar surface area (TPSA) is 65.0 Å². The van der Waals surface area contributed by atoms with Crippen LogP contribution in [-0.2, 0) is 29.0 Å². The van der Waals surface area contributed by atoms with E-state index in [0.717, 1.165) is 34.6 Å². The van der Waals surface area contributed by atoms with Crippen molar-refractivity contribution >= 4 is 5.97 Å². The van der Waals surface area contributed by atoms with Crippen LogP contribution in [0.4, 0.5) is 0 Å². The Morgan fingerprint density at radius 3 is 2.61 bits per heavy atom. The highest BCUT2D eigenvalue weighted by atomic mass is 16.5. The van der Waals surface area contributed by atoms with Crippen LogP contribution in [0.15, 0.2) is 30.3 Å². The number of esters is 1. The largest absolute Gasteiger partial charge is 0.488 e. The Kier molecular flexibility index (Phi) is 6.71. The van der Waals surface area contributed by atoms with Gasteiger partial charge in [0, 0.05) is 29.5 Å². The monoisotopic (exact) mass is 452 g/mol. The Morgan fingerprint density at radius 2 is 1.94 bits per heavy atom. The minimum Gasteiger partial charge on any atom is -0.488 e. The summed E-state index contributed by atoms with van der Waals surface area (Å²) in [5.41, 5.74) is 5.54. The minimum absolute atomic E-state index is 0.0858. The second-order valence-electron chi connectivity index (χ2n) is 10.4. The zero-order valence-electron chi connectivity index (χ0n) is 20.4. The summed E-state index contributed by atoms with van der Waals surface area (Å²) >= 11 is 0. The molecule has 33 heavy (non-hydrogen) atoms. The number of benzene rings is 2. The molecule has 5 heteroatoms. The first kappa shape index (κ1) is 23.6. The van der Waals surface area contributed by atoms with E-state index in [2.05, 4.69) is 46.8 Å². The zero-order chi connectivity index (χ0) is 23.8. The lowest BCUT2D eigenvalue weighted by atomic mass is 9.85. The molecule has 1 fully saturated rings. The molecule has 4 rings (SSSR count). The summed E-state index contributed by atoms with van der Waals surface area (Å²) in [5, 5.41) is 10.0. The molecule has 5 nitrogen and oxygen atoms in total. The van der Waals surface area contributed by atoms with Gasteiger partial charge in [-0.3, -0.25) is 4.79 Å².